The standard InChI is InChI=1S/C12H12N2O3S/c1-2-7-10(11(16)17)18-12(13-7)14-8-5-3-4-6-9(8)15/h3-6,15H,2H2,1H3,(H,13,14)(H,16,17). The summed E-state index contributed by atoms with van der Waals surface area (Å²) in [5, 5.41) is 22.0. The number of rotatable bonds is 4. The summed E-state index contributed by atoms with van der Waals surface area (Å²) in [6.45, 7) is 1.85. The Bertz CT molecular complexity index is 580. The highest BCUT2D eigenvalue weighted by atomic mass is 32.1. The SMILES string of the molecule is CCc1nc(Nc2ccccc2O)sc1C(=O)O. The van der Waals surface area contributed by atoms with Gasteiger partial charge in [-0.25, -0.2) is 9.78 Å². The van der Waals surface area contributed by atoms with Gasteiger partial charge in [-0.1, -0.05) is 30.4 Å². The van der Waals surface area contributed by atoms with Crippen molar-refractivity contribution in [2.24, 2.45) is 0 Å². The van der Waals surface area contributed by atoms with Crippen molar-refractivity contribution in [2.75, 3.05) is 5.32 Å². The second-order valence-electron chi connectivity index (χ2n) is 3.60. The lowest BCUT2D eigenvalue weighted by Crippen LogP contribution is -1.97. The first kappa shape index (κ1) is 12.4. The van der Waals surface area contributed by atoms with E-state index in [4.69, 9.17) is 5.11 Å². The van der Waals surface area contributed by atoms with Crippen molar-refractivity contribution in [3.05, 3.63) is 34.8 Å². The van der Waals surface area contributed by atoms with E-state index < -0.39 is 5.97 Å². The van der Waals surface area contributed by atoms with E-state index in [0.29, 0.717) is 22.9 Å². The molecule has 0 aliphatic heterocycles. The van der Waals surface area contributed by atoms with E-state index in [9.17, 15) is 9.90 Å². The van der Waals surface area contributed by atoms with Gasteiger partial charge in [-0.2, -0.15) is 0 Å². The zero-order chi connectivity index (χ0) is 13.1. The zero-order valence-corrected chi connectivity index (χ0v) is 10.5. The van der Waals surface area contributed by atoms with Crippen molar-refractivity contribution >= 4 is 28.1 Å². The van der Waals surface area contributed by atoms with Crippen molar-refractivity contribution in [3.63, 3.8) is 0 Å². The molecule has 0 saturated carbocycles. The van der Waals surface area contributed by atoms with Crippen LogP contribution in [0.15, 0.2) is 24.3 Å². The molecule has 0 radical (unpaired) electrons. The molecule has 0 spiro atoms. The number of nitrogens with one attached hydrogen (secondary N) is 1. The van der Waals surface area contributed by atoms with E-state index in [0.717, 1.165) is 11.3 Å². The van der Waals surface area contributed by atoms with Gasteiger partial charge in [0.25, 0.3) is 0 Å². The number of carboxylic acids is 1. The lowest BCUT2D eigenvalue weighted by atomic mass is 10.3. The smallest absolute Gasteiger partial charge is 0.347 e. The fourth-order valence-corrected chi connectivity index (χ4v) is 2.41. The monoisotopic (exact) mass is 264 g/mol. The molecule has 0 unspecified atom stereocenters. The summed E-state index contributed by atoms with van der Waals surface area (Å²) in [5.74, 6) is -0.877. The molecular weight excluding hydrogens is 252 g/mol. The van der Waals surface area contributed by atoms with Gasteiger partial charge in [0.2, 0.25) is 0 Å². The Labute approximate surface area is 108 Å². The van der Waals surface area contributed by atoms with Crippen LogP contribution in [0.5, 0.6) is 5.75 Å². The molecule has 0 saturated heterocycles. The summed E-state index contributed by atoms with van der Waals surface area (Å²) < 4.78 is 0. The molecule has 5 nitrogen and oxygen atoms in total. The van der Waals surface area contributed by atoms with Crippen LogP contribution in [0.25, 0.3) is 0 Å². The quantitative estimate of drug-likeness (QED) is 0.740. The van der Waals surface area contributed by atoms with Gasteiger partial charge < -0.3 is 15.5 Å². The average Bonchev–Trinajstić information content (AvgIpc) is 2.75. The molecule has 1 aromatic heterocycles. The Kier molecular flexibility index (Phi) is 3.47. The summed E-state index contributed by atoms with van der Waals surface area (Å²) in [6, 6.07) is 6.73. The summed E-state index contributed by atoms with van der Waals surface area (Å²) in [6.07, 6.45) is 0.556. The van der Waals surface area contributed by atoms with Gasteiger partial charge in [0.1, 0.15) is 10.6 Å². The minimum Gasteiger partial charge on any atom is -0.506 e. The molecule has 1 heterocycles. The summed E-state index contributed by atoms with van der Waals surface area (Å²) in [5.41, 5.74) is 1.05. The number of aryl methyl sites for hydroxylation is 1. The van der Waals surface area contributed by atoms with Crippen molar-refractivity contribution < 1.29 is 15.0 Å². The van der Waals surface area contributed by atoms with Crippen LogP contribution in [0.4, 0.5) is 10.8 Å². The number of carbonyl (C=O) groups is 1. The van der Waals surface area contributed by atoms with Crippen LogP contribution in [0.2, 0.25) is 0 Å². The van der Waals surface area contributed by atoms with Gasteiger partial charge in [-0.15, -0.1) is 0 Å². The lowest BCUT2D eigenvalue weighted by Gasteiger charge is -2.03. The molecule has 94 valence electrons. The molecular formula is C12H12N2O3S. The molecule has 18 heavy (non-hydrogen) atoms. The number of thiazole rings is 1. The number of nitrogens with zero attached hydrogens (tertiary/aromatic N) is 1. The highest BCUT2D eigenvalue weighted by Crippen LogP contribution is 2.30. The van der Waals surface area contributed by atoms with Gasteiger partial charge in [0.05, 0.1) is 11.4 Å². The Morgan fingerprint density at radius 3 is 2.72 bits per heavy atom. The van der Waals surface area contributed by atoms with Crippen LogP contribution in [-0.2, 0) is 6.42 Å². The van der Waals surface area contributed by atoms with Gasteiger partial charge >= 0.3 is 5.97 Å². The number of hydrogen-bond acceptors (Lipinski definition) is 5. The van der Waals surface area contributed by atoms with E-state index in [2.05, 4.69) is 10.3 Å². The maximum atomic E-state index is 11.0. The number of hydrogen-bond donors (Lipinski definition) is 3. The molecule has 2 rings (SSSR count). The third kappa shape index (κ3) is 2.43. The Balaban J connectivity index is 2.30. The summed E-state index contributed by atoms with van der Waals surface area (Å²) >= 11 is 1.06. The van der Waals surface area contributed by atoms with Gasteiger partial charge in [0, 0.05) is 0 Å². The number of phenols is 1. The first-order chi connectivity index (χ1) is 8.61. The number of aromatic carboxylic acids is 1. The average molecular weight is 264 g/mol. The highest BCUT2D eigenvalue weighted by molar-refractivity contribution is 7.17. The molecule has 0 aliphatic rings. The number of para-hydroxylation sites is 2. The Hall–Kier alpha value is -2.08. The molecule has 2 aromatic rings. The topological polar surface area (TPSA) is 82.5 Å². The summed E-state index contributed by atoms with van der Waals surface area (Å²) in [4.78, 5) is 15.4. The third-order valence-electron chi connectivity index (χ3n) is 2.37. The van der Waals surface area contributed by atoms with Crippen molar-refractivity contribution in [1.29, 1.82) is 0 Å². The van der Waals surface area contributed by atoms with E-state index in [-0.39, 0.29) is 10.6 Å². The van der Waals surface area contributed by atoms with Crippen LogP contribution < -0.4 is 5.32 Å². The molecule has 0 amide bonds. The lowest BCUT2D eigenvalue weighted by molar-refractivity contribution is 0.0701. The van der Waals surface area contributed by atoms with Crippen molar-refractivity contribution in [1.82, 2.24) is 4.98 Å². The van der Waals surface area contributed by atoms with Gasteiger partial charge in [0.15, 0.2) is 5.13 Å². The first-order valence-corrected chi connectivity index (χ1v) is 6.21. The normalized spacial score (nSPS) is 10.3. The minimum atomic E-state index is -0.977. The molecule has 0 bridgehead atoms. The number of aromatic hydroxyl groups is 1. The second-order valence-corrected chi connectivity index (χ2v) is 4.59. The molecule has 6 heteroatoms. The van der Waals surface area contributed by atoms with E-state index in [1.807, 2.05) is 6.92 Å². The van der Waals surface area contributed by atoms with Crippen LogP contribution in [0.3, 0.4) is 0 Å². The first-order valence-electron chi connectivity index (χ1n) is 5.39. The zero-order valence-electron chi connectivity index (χ0n) is 9.67. The molecule has 0 atom stereocenters. The van der Waals surface area contributed by atoms with Crippen molar-refractivity contribution in [3.8, 4) is 5.75 Å². The maximum Gasteiger partial charge on any atom is 0.347 e. The molecule has 0 fully saturated rings. The van der Waals surface area contributed by atoms with E-state index in [1.165, 1.54) is 0 Å². The van der Waals surface area contributed by atoms with Crippen molar-refractivity contribution in [2.45, 2.75) is 13.3 Å². The number of anilines is 2. The second kappa shape index (κ2) is 5.05. The Morgan fingerprint density at radius 2 is 2.17 bits per heavy atom. The van der Waals surface area contributed by atoms with Crippen LogP contribution in [0, 0.1) is 0 Å². The number of aromatic nitrogens is 1. The summed E-state index contributed by atoms with van der Waals surface area (Å²) in [7, 11) is 0. The highest BCUT2D eigenvalue weighted by Gasteiger charge is 2.16. The molecule has 3 N–H and O–H groups in total. The predicted molar refractivity (Wildman–Crippen MR) is 69.8 cm³/mol. The molecule has 1 aromatic carbocycles. The maximum absolute atomic E-state index is 11.0. The van der Waals surface area contributed by atoms with E-state index in [1.54, 1.807) is 24.3 Å². The fourth-order valence-electron chi connectivity index (χ4n) is 1.51. The molecule has 0 aliphatic carbocycles. The largest absolute Gasteiger partial charge is 0.506 e. The number of carboxylic acid groups (broad SMARTS) is 1. The number of phenolic OH excluding ortho intramolecular Hbond substituents is 1. The van der Waals surface area contributed by atoms with E-state index >= 15 is 0 Å². The van der Waals surface area contributed by atoms with Gasteiger partial charge in [-0.05, 0) is 18.6 Å². The minimum absolute atomic E-state index is 0.0997. The number of benzene rings is 1. The predicted octanol–water partition coefficient (Wildman–Crippen LogP) is 2.85. The van der Waals surface area contributed by atoms with Crippen LogP contribution in [0.1, 0.15) is 22.3 Å². The third-order valence-corrected chi connectivity index (χ3v) is 3.37. The van der Waals surface area contributed by atoms with Crippen LogP contribution >= 0.6 is 11.3 Å². The van der Waals surface area contributed by atoms with Gasteiger partial charge in [-0.3, -0.25) is 0 Å². The van der Waals surface area contributed by atoms with Crippen LogP contribution in [-0.4, -0.2) is 21.2 Å². The fraction of sp³-hybridized carbons (Fsp3) is 0.167. The Morgan fingerprint density at radius 1 is 1.44 bits per heavy atom.